The zero-order chi connectivity index (χ0) is 15.5. The van der Waals surface area contributed by atoms with E-state index in [0.29, 0.717) is 0 Å². The second-order valence-corrected chi connectivity index (χ2v) is 5.54. The van der Waals surface area contributed by atoms with Gasteiger partial charge in [0.15, 0.2) is 0 Å². The van der Waals surface area contributed by atoms with Crippen LogP contribution in [-0.4, -0.2) is 37.1 Å². The summed E-state index contributed by atoms with van der Waals surface area (Å²) in [6.07, 6.45) is -4.82. The van der Waals surface area contributed by atoms with Gasteiger partial charge in [0.2, 0.25) is 0 Å². The second kappa shape index (κ2) is 5.94. The minimum atomic E-state index is -4.31. The monoisotopic (exact) mass is 288 g/mol. The van der Waals surface area contributed by atoms with E-state index in [1.807, 2.05) is 5.32 Å². The number of carbonyl (C=O) groups is 1. The standard InChI is InChI=1S/C11H20F4N2O2/c1-9(2,3)19-8(18)17-6-10(4,5-16)11(14,15)7(12)13/h7H,5-6,16H2,1-4H3,(H,17,18). The molecule has 0 aromatic carbocycles. The fourth-order valence-corrected chi connectivity index (χ4v) is 1.17. The smallest absolute Gasteiger partial charge is 0.407 e. The molecular formula is C11H20F4N2O2. The summed E-state index contributed by atoms with van der Waals surface area (Å²) in [4.78, 5) is 11.3. The van der Waals surface area contributed by atoms with Crippen molar-refractivity contribution in [1.82, 2.24) is 5.32 Å². The van der Waals surface area contributed by atoms with Crippen LogP contribution in [0.2, 0.25) is 0 Å². The Bertz CT molecular complexity index is 318. The molecule has 0 fully saturated rings. The van der Waals surface area contributed by atoms with Crippen molar-refractivity contribution >= 4 is 6.09 Å². The van der Waals surface area contributed by atoms with Crippen molar-refractivity contribution in [2.24, 2.45) is 11.1 Å². The van der Waals surface area contributed by atoms with Crippen LogP contribution in [-0.2, 0) is 4.74 Å². The SMILES string of the molecule is CC(C)(C)OC(=O)NCC(C)(CN)C(F)(F)C(F)F. The lowest BCUT2D eigenvalue weighted by Crippen LogP contribution is -2.55. The van der Waals surface area contributed by atoms with Gasteiger partial charge < -0.3 is 15.8 Å². The average molecular weight is 288 g/mol. The van der Waals surface area contributed by atoms with Crippen LogP contribution in [0.4, 0.5) is 22.4 Å². The molecule has 0 saturated carbocycles. The lowest BCUT2D eigenvalue weighted by Gasteiger charge is -2.35. The van der Waals surface area contributed by atoms with Crippen molar-refractivity contribution < 1.29 is 27.1 Å². The summed E-state index contributed by atoms with van der Waals surface area (Å²) < 4.78 is 56.2. The summed E-state index contributed by atoms with van der Waals surface area (Å²) in [6.45, 7) is 4.22. The normalized spacial score (nSPS) is 16.1. The van der Waals surface area contributed by atoms with Gasteiger partial charge >= 0.3 is 18.4 Å². The second-order valence-electron chi connectivity index (χ2n) is 5.54. The molecule has 4 nitrogen and oxygen atoms in total. The Labute approximate surface area is 109 Å². The highest BCUT2D eigenvalue weighted by molar-refractivity contribution is 5.67. The lowest BCUT2D eigenvalue weighted by atomic mass is 9.83. The molecule has 1 amide bonds. The van der Waals surface area contributed by atoms with Crippen molar-refractivity contribution in [3.63, 3.8) is 0 Å². The molecule has 0 bridgehead atoms. The van der Waals surface area contributed by atoms with E-state index in [1.54, 1.807) is 20.8 Å². The van der Waals surface area contributed by atoms with E-state index in [1.165, 1.54) is 0 Å². The molecule has 0 aromatic heterocycles. The predicted molar refractivity (Wildman–Crippen MR) is 62.3 cm³/mol. The van der Waals surface area contributed by atoms with Gasteiger partial charge in [-0.2, -0.15) is 8.78 Å². The maximum atomic E-state index is 13.4. The van der Waals surface area contributed by atoms with E-state index in [-0.39, 0.29) is 0 Å². The third-order valence-electron chi connectivity index (χ3n) is 2.55. The molecule has 0 rings (SSSR count). The molecule has 19 heavy (non-hydrogen) atoms. The molecule has 0 radical (unpaired) electrons. The fraction of sp³-hybridized carbons (Fsp3) is 0.909. The van der Waals surface area contributed by atoms with Gasteiger partial charge in [0.1, 0.15) is 5.60 Å². The Morgan fingerprint density at radius 1 is 1.26 bits per heavy atom. The molecule has 0 heterocycles. The van der Waals surface area contributed by atoms with Gasteiger partial charge in [-0.15, -0.1) is 0 Å². The fourth-order valence-electron chi connectivity index (χ4n) is 1.17. The molecule has 114 valence electrons. The third-order valence-corrected chi connectivity index (χ3v) is 2.55. The number of nitrogens with two attached hydrogens (primary N) is 1. The molecule has 1 atom stereocenters. The van der Waals surface area contributed by atoms with Crippen LogP contribution >= 0.6 is 0 Å². The van der Waals surface area contributed by atoms with Crippen molar-refractivity contribution in [3.8, 4) is 0 Å². The van der Waals surface area contributed by atoms with Gasteiger partial charge in [0.25, 0.3) is 0 Å². The Morgan fingerprint density at radius 2 is 1.74 bits per heavy atom. The van der Waals surface area contributed by atoms with Gasteiger partial charge in [-0.1, -0.05) is 6.92 Å². The van der Waals surface area contributed by atoms with Gasteiger partial charge in [0, 0.05) is 13.1 Å². The number of hydrogen-bond acceptors (Lipinski definition) is 3. The highest BCUT2D eigenvalue weighted by atomic mass is 19.3. The van der Waals surface area contributed by atoms with E-state index in [0.717, 1.165) is 6.92 Å². The number of hydrogen-bond donors (Lipinski definition) is 2. The number of amides is 1. The summed E-state index contributed by atoms with van der Waals surface area (Å²) in [5, 5.41) is 2.04. The minimum absolute atomic E-state index is 0.708. The molecule has 0 aliphatic carbocycles. The topological polar surface area (TPSA) is 64.3 Å². The van der Waals surface area contributed by atoms with E-state index in [4.69, 9.17) is 10.5 Å². The molecular weight excluding hydrogens is 268 g/mol. The number of carbonyl (C=O) groups excluding carboxylic acids is 1. The minimum Gasteiger partial charge on any atom is -0.444 e. The number of alkyl halides is 4. The van der Waals surface area contributed by atoms with Crippen LogP contribution in [0.3, 0.4) is 0 Å². The number of halogens is 4. The highest BCUT2D eigenvalue weighted by Gasteiger charge is 2.56. The maximum Gasteiger partial charge on any atom is 0.407 e. The molecule has 8 heteroatoms. The number of alkyl carbamates (subject to hydrolysis) is 1. The third kappa shape index (κ3) is 4.85. The molecule has 0 aliphatic heterocycles. The summed E-state index contributed by atoms with van der Waals surface area (Å²) in [7, 11) is 0. The quantitative estimate of drug-likeness (QED) is 0.763. The Kier molecular flexibility index (Phi) is 5.61. The molecule has 0 saturated heterocycles. The van der Waals surface area contributed by atoms with Crippen LogP contribution in [0.15, 0.2) is 0 Å². The first-order valence-electron chi connectivity index (χ1n) is 5.68. The van der Waals surface area contributed by atoms with Crippen LogP contribution in [0.25, 0.3) is 0 Å². The van der Waals surface area contributed by atoms with Crippen molar-refractivity contribution in [2.45, 2.75) is 45.6 Å². The zero-order valence-corrected chi connectivity index (χ0v) is 11.4. The van der Waals surface area contributed by atoms with Gasteiger partial charge in [-0.25, -0.2) is 13.6 Å². The molecule has 0 aliphatic rings. The van der Waals surface area contributed by atoms with E-state index >= 15 is 0 Å². The van der Waals surface area contributed by atoms with Crippen LogP contribution in [0, 0.1) is 5.41 Å². The van der Waals surface area contributed by atoms with Crippen LogP contribution in [0.5, 0.6) is 0 Å². The number of nitrogens with one attached hydrogen (secondary N) is 1. The van der Waals surface area contributed by atoms with Crippen LogP contribution in [0.1, 0.15) is 27.7 Å². The van der Waals surface area contributed by atoms with Gasteiger partial charge in [-0.3, -0.25) is 0 Å². The predicted octanol–water partition coefficient (Wildman–Crippen LogP) is 2.38. The molecule has 0 aromatic rings. The summed E-state index contributed by atoms with van der Waals surface area (Å²) in [6, 6.07) is 0. The van der Waals surface area contributed by atoms with Crippen molar-refractivity contribution in [3.05, 3.63) is 0 Å². The number of ether oxygens (including phenoxy) is 1. The molecule has 1 unspecified atom stereocenters. The summed E-state index contributed by atoms with van der Waals surface area (Å²) in [5.74, 6) is -4.31. The maximum absolute atomic E-state index is 13.4. The average Bonchev–Trinajstić information content (AvgIpc) is 2.23. The first-order chi connectivity index (χ1) is 8.35. The Morgan fingerprint density at radius 3 is 2.05 bits per heavy atom. The number of rotatable bonds is 5. The van der Waals surface area contributed by atoms with Gasteiger partial charge in [-0.05, 0) is 20.8 Å². The van der Waals surface area contributed by atoms with Crippen molar-refractivity contribution in [2.75, 3.05) is 13.1 Å². The Hall–Kier alpha value is -1.05. The van der Waals surface area contributed by atoms with E-state index < -0.39 is 42.5 Å². The first kappa shape index (κ1) is 17.9. The Balaban J connectivity index is 4.70. The molecule has 3 N–H and O–H groups in total. The zero-order valence-electron chi connectivity index (χ0n) is 11.4. The summed E-state index contributed by atoms with van der Waals surface area (Å²) >= 11 is 0. The largest absolute Gasteiger partial charge is 0.444 e. The van der Waals surface area contributed by atoms with Crippen molar-refractivity contribution in [1.29, 1.82) is 0 Å². The van der Waals surface area contributed by atoms with E-state index in [2.05, 4.69) is 0 Å². The van der Waals surface area contributed by atoms with Crippen LogP contribution < -0.4 is 11.1 Å². The molecule has 0 spiro atoms. The summed E-state index contributed by atoms with van der Waals surface area (Å²) in [5.41, 5.74) is 2.08. The first-order valence-corrected chi connectivity index (χ1v) is 5.68. The van der Waals surface area contributed by atoms with Gasteiger partial charge in [0.05, 0.1) is 5.41 Å². The highest BCUT2D eigenvalue weighted by Crippen LogP contribution is 2.40. The van der Waals surface area contributed by atoms with E-state index in [9.17, 15) is 22.4 Å². The lowest BCUT2D eigenvalue weighted by molar-refractivity contribution is -0.197.